The van der Waals surface area contributed by atoms with E-state index in [9.17, 15) is 8.42 Å². The van der Waals surface area contributed by atoms with E-state index < -0.39 is 10.1 Å². The van der Waals surface area contributed by atoms with Gasteiger partial charge in [-0.3, -0.25) is 4.18 Å². The number of methoxy groups -OCH3 is 1. The Bertz CT molecular complexity index is 610. The molecule has 0 aliphatic rings. The lowest BCUT2D eigenvalue weighted by Crippen LogP contribution is -2.21. The minimum absolute atomic E-state index is 0.0741. The van der Waals surface area contributed by atoms with Crippen LogP contribution < -0.4 is 0 Å². The molecule has 0 aromatic heterocycles. The smallest absolute Gasteiger partial charge is 0.297 e. The third kappa shape index (κ3) is 12.4. The van der Waals surface area contributed by atoms with E-state index in [1.54, 1.807) is 31.4 Å². The predicted molar refractivity (Wildman–Crippen MR) is 121 cm³/mol. The van der Waals surface area contributed by atoms with Crippen LogP contribution in [0.1, 0.15) is 96.0 Å². The molecule has 5 heteroatoms. The topological polar surface area (TPSA) is 52.6 Å². The van der Waals surface area contributed by atoms with Crippen LogP contribution in [0, 0.1) is 6.92 Å². The summed E-state index contributed by atoms with van der Waals surface area (Å²) >= 11 is 0. The molecule has 0 aliphatic carbocycles. The van der Waals surface area contributed by atoms with Crippen LogP contribution in [0.25, 0.3) is 0 Å². The van der Waals surface area contributed by atoms with Crippen LogP contribution >= 0.6 is 0 Å². The van der Waals surface area contributed by atoms with Crippen molar-refractivity contribution in [3.63, 3.8) is 0 Å². The zero-order chi connectivity index (χ0) is 21.4. The van der Waals surface area contributed by atoms with Crippen LogP contribution in [0.15, 0.2) is 29.2 Å². The van der Waals surface area contributed by atoms with Crippen molar-refractivity contribution in [3.8, 4) is 0 Å². The maximum Gasteiger partial charge on any atom is 0.297 e. The Morgan fingerprint density at radius 1 is 0.793 bits per heavy atom. The number of hydrogen-bond donors (Lipinski definition) is 0. The third-order valence-electron chi connectivity index (χ3n) is 5.43. The van der Waals surface area contributed by atoms with Gasteiger partial charge in [0.1, 0.15) is 0 Å². The van der Waals surface area contributed by atoms with Crippen LogP contribution in [-0.4, -0.2) is 28.2 Å². The van der Waals surface area contributed by atoms with Crippen molar-refractivity contribution in [3.05, 3.63) is 29.8 Å². The molecule has 1 atom stereocenters. The second kappa shape index (κ2) is 15.9. The van der Waals surface area contributed by atoms with Gasteiger partial charge in [0, 0.05) is 7.11 Å². The lowest BCUT2D eigenvalue weighted by molar-refractivity contribution is 0.0522. The molecule has 0 radical (unpaired) electrons. The van der Waals surface area contributed by atoms with Crippen molar-refractivity contribution in [2.45, 2.75) is 108 Å². The van der Waals surface area contributed by atoms with Crippen molar-refractivity contribution in [2.75, 3.05) is 13.7 Å². The third-order valence-corrected chi connectivity index (χ3v) is 6.73. The van der Waals surface area contributed by atoms with E-state index >= 15 is 0 Å². The van der Waals surface area contributed by atoms with Gasteiger partial charge >= 0.3 is 0 Å². The van der Waals surface area contributed by atoms with Crippen LogP contribution in [0.4, 0.5) is 0 Å². The Morgan fingerprint density at radius 3 is 1.76 bits per heavy atom. The molecule has 29 heavy (non-hydrogen) atoms. The summed E-state index contributed by atoms with van der Waals surface area (Å²) in [5.74, 6) is 0. The fraction of sp³-hybridized carbons (Fsp3) is 0.750. The number of aryl methyl sites for hydroxylation is 1. The normalized spacial score (nSPS) is 12.9. The van der Waals surface area contributed by atoms with E-state index in [4.69, 9.17) is 8.92 Å². The summed E-state index contributed by atoms with van der Waals surface area (Å²) in [5.41, 5.74) is 1.02. The fourth-order valence-electron chi connectivity index (χ4n) is 3.42. The van der Waals surface area contributed by atoms with Crippen molar-refractivity contribution < 1.29 is 17.3 Å². The Balaban J connectivity index is 2.09. The van der Waals surface area contributed by atoms with Gasteiger partial charge in [0.05, 0.1) is 17.6 Å². The number of ether oxygens (including phenoxy) is 1. The number of unbranched alkanes of at least 4 members (excludes halogenated alkanes) is 11. The van der Waals surface area contributed by atoms with Crippen molar-refractivity contribution in [2.24, 2.45) is 0 Å². The molecule has 0 aliphatic heterocycles. The standard InChI is InChI=1S/C24H42O4S/c1-4-5-6-7-8-9-10-11-12-13-14-15-16-23(27-3)21-28-29(25,26)24-19-17-22(2)18-20-24/h17-20,23H,4-16,21H2,1-3H3. The van der Waals surface area contributed by atoms with Gasteiger partial charge in [-0.2, -0.15) is 8.42 Å². The number of hydrogen-bond acceptors (Lipinski definition) is 4. The SMILES string of the molecule is CCCCCCCCCCCCCCC(COS(=O)(=O)c1ccc(C)cc1)OC. The van der Waals surface area contributed by atoms with Gasteiger partial charge < -0.3 is 4.74 Å². The van der Waals surface area contributed by atoms with E-state index in [2.05, 4.69) is 6.92 Å². The molecule has 0 spiro atoms. The van der Waals surface area contributed by atoms with Crippen molar-refractivity contribution in [1.82, 2.24) is 0 Å². The fourth-order valence-corrected chi connectivity index (χ4v) is 4.36. The molecule has 0 heterocycles. The summed E-state index contributed by atoms with van der Waals surface area (Å²) in [4.78, 5) is 0.198. The largest absolute Gasteiger partial charge is 0.379 e. The first kappa shape index (κ1) is 26.1. The monoisotopic (exact) mass is 426 g/mol. The minimum Gasteiger partial charge on any atom is -0.379 e. The second-order valence-electron chi connectivity index (χ2n) is 8.09. The second-order valence-corrected chi connectivity index (χ2v) is 9.70. The van der Waals surface area contributed by atoms with Crippen molar-refractivity contribution in [1.29, 1.82) is 0 Å². The van der Waals surface area contributed by atoms with Gasteiger partial charge in [-0.05, 0) is 25.5 Å². The highest BCUT2D eigenvalue weighted by Gasteiger charge is 2.18. The summed E-state index contributed by atoms with van der Waals surface area (Å²) in [6, 6.07) is 6.71. The Hall–Kier alpha value is -0.910. The zero-order valence-corrected chi connectivity index (χ0v) is 19.6. The molecule has 0 amide bonds. The first-order valence-electron chi connectivity index (χ1n) is 11.5. The Morgan fingerprint density at radius 2 is 1.28 bits per heavy atom. The van der Waals surface area contributed by atoms with E-state index in [1.807, 2.05) is 6.92 Å². The van der Waals surface area contributed by atoms with Crippen LogP contribution in [0.2, 0.25) is 0 Å². The highest BCUT2D eigenvalue weighted by molar-refractivity contribution is 7.86. The predicted octanol–water partition coefficient (Wildman–Crippen LogP) is 6.81. The van der Waals surface area contributed by atoms with Crippen LogP contribution in [0.5, 0.6) is 0 Å². The molecule has 1 aromatic carbocycles. The lowest BCUT2D eigenvalue weighted by Gasteiger charge is -2.15. The molecule has 4 nitrogen and oxygen atoms in total. The summed E-state index contributed by atoms with van der Waals surface area (Å²) in [6.07, 6.45) is 16.4. The quantitative estimate of drug-likeness (QED) is 0.191. The molecule has 0 fully saturated rings. The number of benzene rings is 1. The lowest BCUT2D eigenvalue weighted by atomic mass is 10.0. The highest BCUT2D eigenvalue weighted by atomic mass is 32.2. The highest BCUT2D eigenvalue weighted by Crippen LogP contribution is 2.16. The first-order chi connectivity index (χ1) is 14.0. The summed E-state index contributed by atoms with van der Waals surface area (Å²) in [5, 5.41) is 0. The molecule has 1 aromatic rings. The average molecular weight is 427 g/mol. The minimum atomic E-state index is -3.72. The first-order valence-corrected chi connectivity index (χ1v) is 12.9. The maximum absolute atomic E-state index is 12.3. The maximum atomic E-state index is 12.3. The summed E-state index contributed by atoms with van der Waals surface area (Å²) < 4.78 is 35.1. The molecule has 0 bridgehead atoms. The summed E-state index contributed by atoms with van der Waals surface area (Å²) in [6.45, 7) is 4.26. The van der Waals surface area contributed by atoms with E-state index in [0.29, 0.717) is 0 Å². The average Bonchev–Trinajstić information content (AvgIpc) is 2.71. The van der Waals surface area contributed by atoms with Gasteiger partial charge in [-0.15, -0.1) is 0 Å². The van der Waals surface area contributed by atoms with Gasteiger partial charge in [0.25, 0.3) is 10.1 Å². The van der Waals surface area contributed by atoms with E-state index in [-0.39, 0.29) is 17.6 Å². The zero-order valence-electron chi connectivity index (χ0n) is 18.8. The molecule has 0 saturated heterocycles. The molecule has 1 unspecified atom stereocenters. The molecule has 0 N–H and O–H groups in total. The Labute approximate surface area is 179 Å². The van der Waals surface area contributed by atoms with E-state index in [1.165, 1.54) is 70.6 Å². The van der Waals surface area contributed by atoms with E-state index in [0.717, 1.165) is 18.4 Å². The molecule has 1 rings (SSSR count). The molecular weight excluding hydrogens is 384 g/mol. The van der Waals surface area contributed by atoms with Crippen LogP contribution in [0.3, 0.4) is 0 Å². The van der Waals surface area contributed by atoms with Crippen LogP contribution in [-0.2, 0) is 19.0 Å². The molecule has 168 valence electrons. The molecule has 0 saturated carbocycles. The Kier molecular flexibility index (Phi) is 14.3. The van der Waals surface area contributed by atoms with Gasteiger partial charge in [0.15, 0.2) is 0 Å². The van der Waals surface area contributed by atoms with Gasteiger partial charge in [-0.1, -0.05) is 102 Å². The number of rotatable bonds is 18. The molecular formula is C24H42O4S. The van der Waals surface area contributed by atoms with Gasteiger partial charge in [-0.25, -0.2) is 0 Å². The summed E-state index contributed by atoms with van der Waals surface area (Å²) in [7, 11) is -2.10. The van der Waals surface area contributed by atoms with Gasteiger partial charge in [0.2, 0.25) is 0 Å². The van der Waals surface area contributed by atoms with Crippen molar-refractivity contribution >= 4 is 10.1 Å².